The summed E-state index contributed by atoms with van der Waals surface area (Å²) in [6.07, 6.45) is 2.02. The molecule has 0 saturated carbocycles. The fourth-order valence-electron chi connectivity index (χ4n) is 2.26. The first kappa shape index (κ1) is 11.7. The molecule has 0 saturated heterocycles. The molecule has 0 amide bonds. The molecule has 0 aromatic heterocycles. The largest absolute Gasteiger partial charge is 0.504 e. The molecule has 0 atom stereocenters. The zero-order valence-corrected chi connectivity index (χ0v) is 10.6. The number of hydrogen-bond acceptors (Lipinski definition) is 3. The van der Waals surface area contributed by atoms with E-state index in [1.54, 1.807) is 12.1 Å². The van der Waals surface area contributed by atoms with E-state index in [9.17, 15) is 5.11 Å². The molecule has 1 aliphatic heterocycles. The van der Waals surface area contributed by atoms with Gasteiger partial charge >= 0.3 is 0 Å². The van der Waals surface area contributed by atoms with Gasteiger partial charge < -0.3 is 14.6 Å². The lowest BCUT2D eigenvalue weighted by atomic mass is 9.95. The zero-order valence-electron chi connectivity index (χ0n) is 10.6. The second kappa shape index (κ2) is 4.69. The van der Waals surface area contributed by atoms with E-state index in [4.69, 9.17) is 9.47 Å². The van der Waals surface area contributed by atoms with Gasteiger partial charge in [0.15, 0.2) is 11.5 Å². The van der Waals surface area contributed by atoms with Crippen molar-refractivity contribution in [2.24, 2.45) is 0 Å². The average Bonchev–Trinajstić information content (AvgIpc) is 2.47. The standard InChI is InChI=1S/C16H14O3/c1-18-16-10-15-13(9-14(16)17)12(7-8-19-15)11-5-3-2-4-6-11/h2-7,9-10,17H,8H2,1H3. The van der Waals surface area contributed by atoms with Crippen LogP contribution in [0.1, 0.15) is 11.1 Å². The molecule has 0 unspecified atom stereocenters. The summed E-state index contributed by atoms with van der Waals surface area (Å²) in [7, 11) is 1.53. The summed E-state index contributed by atoms with van der Waals surface area (Å²) in [5.41, 5.74) is 3.06. The van der Waals surface area contributed by atoms with E-state index >= 15 is 0 Å². The van der Waals surface area contributed by atoms with Crippen LogP contribution in [0.2, 0.25) is 0 Å². The van der Waals surface area contributed by atoms with E-state index in [0.717, 1.165) is 22.4 Å². The molecule has 0 spiro atoms. The van der Waals surface area contributed by atoms with Crippen molar-refractivity contribution in [1.82, 2.24) is 0 Å². The Bertz CT molecular complexity index is 630. The minimum absolute atomic E-state index is 0.119. The van der Waals surface area contributed by atoms with E-state index < -0.39 is 0 Å². The Morgan fingerprint density at radius 1 is 1.16 bits per heavy atom. The fourth-order valence-corrected chi connectivity index (χ4v) is 2.26. The van der Waals surface area contributed by atoms with Crippen LogP contribution in [-0.4, -0.2) is 18.8 Å². The third-order valence-corrected chi connectivity index (χ3v) is 3.18. The average molecular weight is 254 g/mol. The molecule has 96 valence electrons. The SMILES string of the molecule is COc1cc2c(cc1O)C(c1ccccc1)=CCO2. The molecule has 2 aromatic carbocycles. The molecule has 19 heavy (non-hydrogen) atoms. The first-order valence-corrected chi connectivity index (χ1v) is 6.09. The van der Waals surface area contributed by atoms with Crippen LogP contribution in [0, 0.1) is 0 Å². The van der Waals surface area contributed by atoms with Crippen molar-refractivity contribution in [2.45, 2.75) is 0 Å². The lowest BCUT2D eigenvalue weighted by Crippen LogP contribution is -2.05. The predicted molar refractivity (Wildman–Crippen MR) is 73.7 cm³/mol. The van der Waals surface area contributed by atoms with Crippen molar-refractivity contribution in [3.8, 4) is 17.2 Å². The second-order valence-corrected chi connectivity index (χ2v) is 4.32. The smallest absolute Gasteiger partial charge is 0.164 e. The van der Waals surface area contributed by atoms with Crippen molar-refractivity contribution in [3.63, 3.8) is 0 Å². The van der Waals surface area contributed by atoms with E-state index in [2.05, 4.69) is 0 Å². The number of benzene rings is 2. The van der Waals surface area contributed by atoms with Gasteiger partial charge in [0.2, 0.25) is 0 Å². The highest BCUT2D eigenvalue weighted by atomic mass is 16.5. The van der Waals surface area contributed by atoms with Gasteiger partial charge in [0, 0.05) is 11.6 Å². The zero-order chi connectivity index (χ0) is 13.2. The van der Waals surface area contributed by atoms with E-state index in [0.29, 0.717) is 12.4 Å². The number of phenols is 1. The summed E-state index contributed by atoms with van der Waals surface area (Å²) in [6, 6.07) is 13.5. The highest BCUT2D eigenvalue weighted by Crippen LogP contribution is 2.41. The van der Waals surface area contributed by atoms with Crippen LogP contribution >= 0.6 is 0 Å². The first-order chi connectivity index (χ1) is 9.29. The summed E-state index contributed by atoms with van der Waals surface area (Å²) in [6.45, 7) is 0.519. The first-order valence-electron chi connectivity index (χ1n) is 6.09. The summed E-state index contributed by atoms with van der Waals surface area (Å²) in [5, 5.41) is 9.92. The molecular formula is C16H14O3. The van der Waals surface area contributed by atoms with E-state index in [-0.39, 0.29) is 5.75 Å². The summed E-state index contributed by atoms with van der Waals surface area (Å²) < 4.78 is 10.7. The van der Waals surface area contributed by atoms with Gasteiger partial charge in [0.1, 0.15) is 12.4 Å². The third-order valence-electron chi connectivity index (χ3n) is 3.18. The molecule has 0 aliphatic carbocycles. The molecule has 1 N–H and O–H groups in total. The van der Waals surface area contributed by atoms with Crippen LogP contribution in [0.4, 0.5) is 0 Å². The highest BCUT2D eigenvalue weighted by molar-refractivity contribution is 5.85. The van der Waals surface area contributed by atoms with Gasteiger partial charge in [-0.1, -0.05) is 30.3 Å². The lowest BCUT2D eigenvalue weighted by Gasteiger charge is -2.20. The number of hydrogen-bond donors (Lipinski definition) is 1. The van der Waals surface area contributed by atoms with Crippen LogP contribution in [-0.2, 0) is 0 Å². The van der Waals surface area contributed by atoms with Crippen LogP contribution in [0.5, 0.6) is 17.2 Å². The number of methoxy groups -OCH3 is 1. The Morgan fingerprint density at radius 2 is 1.95 bits per heavy atom. The van der Waals surface area contributed by atoms with Crippen molar-refractivity contribution in [1.29, 1.82) is 0 Å². The second-order valence-electron chi connectivity index (χ2n) is 4.32. The molecule has 1 heterocycles. The summed E-state index contributed by atoms with van der Waals surface area (Å²) in [4.78, 5) is 0. The Hall–Kier alpha value is -2.42. The molecule has 3 nitrogen and oxygen atoms in total. The third kappa shape index (κ3) is 2.03. The summed E-state index contributed by atoms with van der Waals surface area (Å²) >= 11 is 0. The molecule has 0 bridgehead atoms. The van der Waals surface area contributed by atoms with Crippen molar-refractivity contribution < 1.29 is 14.6 Å². The molecule has 3 rings (SSSR count). The topological polar surface area (TPSA) is 38.7 Å². The minimum Gasteiger partial charge on any atom is -0.504 e. The monoisotopic (exact) mass is 254 g/mol. The van der Waals surface area contributed by atoms with Crippen LogP contribution in [0.25, 0.3) is 5.57 Å². The molecule has 1 aliphatic rings. The number of ether oxygens (including phenoxy) is 2. The normalized spacial score (nSPS) is 13.2. The number of aromatic hydroxyl groups is 1. The van der Waals surface area contributed by atoms with Crippen LogP contribution < -0.4 is 9.47 Å². The molecule has 2 aromatic rings. The van der Waals surface area contributed by atoms with Gasteiger partial charge in [0.25, 0.3) is 0 Å². The van der Waals surface area contributed by atoms with E-state index in [1.807, 2.05) is 36.4 Å². The number of fused-ring (bicyclic) bond motifs is 1. The van der Waals surface area contributed by atoms with Gasteiger partial charge in [-0.2, -0.15) is 0 Å². The van der Waals surface area contributed by atoms with Gasteiger partial charge in [-0.25, -0.2) is 0 Å². The lowest BCUT2D eigenvalue weighted by molar-refractivity contribution is 0.342. The maximum absolute atomic E-state index is 9.92. The molecule has 0 radical (unpaired) electrons. The maximum atomic E-state index is 9.92. The quantitative estimate of drug-likeness (QED) is 0.894. The van der Waals surface area contributed by atoms with Crippen molar-refractivity contribution in [3.05, 3.63) is 59.7 Å². The summed E-state index contributed by atoms with van der Waals surface area (Å²) in [5.74, 6) is 1.28. The van der Waals surface area contributed by atoms with Gasteiger partial charge in [-0.05, 0) is 23.3 Å². The maximum Gasteiger partial charge on any atom is 0.164 e. The van der Waals surface area contributed by atoms with Crippen molar-refractivity contribution >= 4 is 5.57 Å². The molecule has 0 fully saturated rings. The fraction of sp³-hybridized carbons (Fsp3) is 0.125. The molecular weight excluding hydrogens is 240 g/mol. The van der Waals surface area contributed by atoms with Gasteiger partial charge in [-0.3, -0.25) is 0 Å². The number of phenolic OH excluding ortho intramolecular Hbond substituents is 1. The predicted octanol–water partition coefficient (Wildman–Crippen LogP) is 3.22. The van der Waals surface area contributed by atoms with E-state index in [1.165, 1.54) is 7.11 Å². The van der Waals surface area contributed by atoms with Crippen molar-refractivity contribution in [2.75, 3.05) is 13.7 Å². The number of rotatable bonds is 2. The minimum atomic E-state index is 0.119. The van der Waals surface area contributed by atoms with Gasteiger partial charge in [-0.15, -0.1) is 0 Å². The van der Waals surface area contributed by atoms with Crippen LogP contribution in [0.3, 0.4) is 0 Å². The Morgan fingerprint density at radius 3 is 2.68 bits per heavy atom. The Balaban J connectivity index is 2.13. The Kier molecular flexibility index (Phi) is 2.88. The Labute approximate surface area is 111 Å². The highest BCUT2D eigenvalue weighted by Gasteiger charge is 2.18. The molecule has 3 heteroatoms. The van der Waals surface area contributed by atoms with Gasteiger partial charge in [0.05, 0.1) is 7.11 Å². The van der Waals surface area contributed by atoms with Crippen LogP contribution in [0.15, 0.2) is 48.5 Å².